The number of methoxy groups -OCH3 is 9. The van der Waals surface area contributed by atoms with Gasteiger partial charge in [-0.1, -0.05) is 31.9 Å². The second-order valence-corrected chi connectivity index (χ2v) is 16.5. The molecule has 0 aliphatic rings. The number of ether oxygens (including phenoxy) is 11. The zero-order chi connectivity index (χ0) is 45.8. The third kappa shape index (κ3) is 12.0. The molecule has 338 valence electrons. The number of rotatable bonds is 22. The topological polar surface area (TPSA) is 102 Å². The zero-order valence-corrected chi connectivity index (χ0v) is 40.8. The van der Waals surface area contributed by atoms with Crippen LogP contribution in [0.4, 0.5) is 0 Å². The first-order valence-corrected chi connectivity index (χ1v) is 22.1. The molecule has 6 aromatic rings. The van der Waals surface area contributed by atoms with Crippen molar-refractivity contribution in [2.75, 3.05) is 64.0 Å². The van der Waals surface area contributed by atoms with Crippen LogP contribution < -0.4 is 52.1 Å². The quantitative estimate of drug-likeness (QED) is 0.0650. The first-order valence-electron chi connectivity index (χ1n) is 20.5. The fourth-order valence-electron chi connectivity index (χ4n) is 7.52. The largest absolute Gasteiger partial charge is 0.493 e. The van der Waals surface area contributed by atoms with Gasteiger partial charge in [0.25, 0.3) is 0 Å². The van der Waals surface area contributed by atoms with Crippen LogP contribution in [-0.4, -0.2) is 64.0 Å². The molecule has 64 heavy (non-hydrogen) atoms. The Labute approximate surface area is 392 Å². The van der Waals surface area contributed by atoms with E-state index in [0.717, 1.165) is 68.0 Å². The van der Waals surface area contributed by atoms with Gasteiger partial charge >= 0.3 is 0 Å². The van der Waals surface area contributed by atoms with Crippen LogP contribution in [0.15, 0.2) is 99.9 Å². The highest BCUT2D eigenvalue weighted by molar-refractivity contribution is 9.10. The van der Waals surface area contributed by atoms with E-state index in [0.29, 0.717) is 87.6 Å². The standard InChI is InChI=1S/C51H54Br2O11/c1-54-43-22-34(23-44(55-2)49(43)60-7)13-10-31-16-37(52)28-39(18-31)63-41-20-33(12-15-36-26-47(58-5)51(62-9)48(27-36)59-6)21-42(30-41)64-40-19-32(17-38(53)29-40)11-14-35-24-45(56-3)50(61-8)46(25-35)57-4/h16-30H,10-15H2,1-9H3. The molecule has 0 bridgehead atoms. The highest BCUT2D eigenvalue weighted by Crippen LogP contribution is 2.42. The number of hydrogen-bond donors (Lipinski definition) is 0. The summed E-state index contributed by atoms with van der Waals surface area (Å²) in [5.41, 5.74) is 6.31. The maximum Gasteiger partial charge on any atom is 0.203 e. The molecule has 0 saturated heterocycles. The molecule has 0 heterocycles. The number of benzene rings is 6. The maximum atomic E-state index is 6.66. The predicted molar refractivity (Wildman–Crippen MR) is 255 cm³/mol. The van der Waals surface area contributed by atoms with E-state index in [9.17, 15) is 0 Å². The molecule has 0 radical (unpaired) electrons. The molecule has 0 aliphatic heterocycles. The monoisotopic (exact) mass is 1000 g/mol. The van der Waals surface area contributed by atoms with E-state index >= 15 is 0 Å². The number of halogens is 2. The summed E-state index contributed by atoms with van der Waals surface area (Å²) in [5.74, 6) is 7.97. The Morgan fingerprint density at radius 2 is 0.484 bits per heavy atom. The molecule has 13 heteroatoms. The minimum atomic E-state index is 0.550. The SMILES string of the molecule is COc1cc(CCc2cc(Br)cc(Oc3cc(CCc4cc(OC)c(OC)c(OC)c4)cc(Oc4cc(Br)cc(CCc5cc(OC)c(OC)c(OC)c5)c4)c3)c2)cc(OC)c1OC. The van der Waals surface area contributed by atoms with E-state index in [-0.39, 0.29) is 0 Å². The van der Waals surface area contributed by atoms with Crippen molar-refractivity contribution in [2.45, 2.75) is 38.5 Å². The fourth-order valence-corrected chi connectivity index (χ4v) is 8.56. The van der Waals surface area contributed by atoms with E-state index in [1.54, 1.807) is 64.0 Å². The Balaban J connectivity index is 1.28. The third-order valence-electron chi connectivity index (χ3n) is 10.6. The Kier molecular flexibility index (Phi) is 16.8. The van der Waals surface area contributed by atoms with Gasteiger partial charge in [0.1, 0.15) is 23.0 Å². The van der Waals surface area contributed by atoms with Gasteiger partial charge in [-0.3, -0.25) is 0 Å². The number of aryl methyl sites for hydroxylation is 6. The highest BCUT2D eigenvalue weighted by Gasteiger charge is 2.17. The van der Waals surface area contributed by atoms with Gasteiger partial charge in [0.2, 0.25) is 17.2 Å². The Morgan fingerprint density at radius 1 is 0.266 bits per heavy atom. The van der Waals surface area contributed by atoms with Crippen molar-refractivity contribution in [1.29, 1.82) is 0 Å². The first kappa shape index (κ1) is 47.6. The molecule has 6 rings (SSSR count). The molecule has 0 unspecified atom stereocenters. The molecule has 0 atom stereocenters. The molecule has 0 spiro atoms. The normalized spacial score (nSPS) is 10.8. The molecular formula is C51H54Br2O11. The molecular weight excluding hydrogens is 948 g/mol. The molecule has 0 aliphatic carbocycles. The van der Waals surface area contributed by atoms with Crippen LogP contribution in [0.25, 0.3) is 0 Å². The minimum Gasteiger partial charge on any atom is -0.493 e. The lowest BCUT2D eigenvalue weighted by molar-refractivity contribution is 0.324. The smallest absolute Gasteiger partial charge is 0.203 e. The summed E-state index contributed by atoms with van der Waals surface area (Å²) >= 11 is 7.45. The second kappa shape index (κ2) is 22.6. The summed E-state index contributed by atoms with van der Waals surface area (Å²) in [7, 11) is 14.5. The van der Waals surface area contributed by atoms with Crippen molar-refractivity contribution in [3.8, 4) is 74.7 Å². The number of hydrogen-bond acceptors (Lipinski definition) is 11. The van der Waals surface area contributed by atoms with Gasteiger partial charge in [-0.15, -0.1) is 0 Å². The Morgan fingerprint density at radius 3 is 0.719 bits per heavy atom. The molecule has 11 nitrogen and oxygen atoms in total. The van der Waals surface area contributed by atoms with E-state index in [1.807, 2.05) is 66.7 Å². The van der Waals surface area contributed by atoms with Gasteiger partial charge in [-0.2, -0.15) is 0 Å². The van der Waals surface area contributed by atoms with E-state index < -0.39 is 0 Å². The summed E-state index contributed by atoms with van der Waals surface area (Å²) in [6.45, 7) is 0. The molecule has 0 aromatic heterocycles. The van der Waals surface area contributed by atoms with Crippen molar-refractivity contribution in [3.05, 3.63) is 133 Å². The summed E-state index contributed by atoms with van der Waals surface area (Å²) < 4.78 is 65.4. The van der Waals surface area contributed by atoms with Gasteiger partial charge < -0.3 is 52.1 Å². The molecule has 0 fully saturated rings. The second-order valence-electron chi connectivity index (χ2n) is 14.7. The van der Waals surface area contributed by atoms with Crippen LogP contribution >= 0.6 is 31.9 Å². The lowest BCUT2D eigenvalue weighted by Gasteiger charge is -2.16. The van der Waals surface area contributed by atoms with Crippen LogP contribution in [-0.2, 0) is 38.5 Å². The van der Waals surface area contributed by atoms with E-state index in [2.05, 4.69) is 56.1 Å². The zero-order valence-electron chi connectivity index (χ0n) is 37.6. The van der Waals surface area contributed by atoms with Crippen LogP contribution in [0, 0.1) is 0 Å². The van der Waals surface area contributed by atoms with Crippen molar-refractivity contribution in [1.82, 2.24) is 0 Å². The maximum absolute atomic E-state index is 6.66. The highest BCUT2D eigenvalue weighted by atomic mass is 79.9. The van der Waals surface area contributed by atoms with Crippen LogP contribution in [0.1, 0.15) is 33.4 Å². The summed E-state index contributed by atoms with van der Waals surface area (Å²) in [5, 5.41) is 0. The van der Waals surface area contributed by atoms with Gasteiger partial charge in [-0.05, 0) is 157 Å². The molecule has 6 aromatic carbocycles. The Hall–Kier alpha value is -5.92. The van der Waals surface area contributed by atoms with Crippen LogP contribution in [0.5, 0.6) is 74.7 Å². The van der Waals surface area contributed by atoms with E-state index in [4.69, 9.17) is 52.1 Å². The summed E-state index contributed by atoms with van der Waals surface area (Å²) in [6.07, 6.45) is 4.30. The minimum absolute atomic E-state index is 0.550. The first-order chi connectivity index (χ1) is 31.0. The van der Waals surface area contributed by atoms with Gasteiger partial charge in [0, 0.05) is 15.0 Å². The lowest BCUT2D eigenvalue weighted by Crippen LogP contribution is -2.00. The summed E-state index contributed by atoms with van der Waals surface area (Å²) in [6, 6.07) is 30.1. The average molecular weight is 1000 g/mol. The van der Waals surface area contributed by atoms with Gasteiger partial charge in [0.05, 0.1) is 64.0 Å². The molecule has 0 saturated carbocycles. The molecule has 0 amide bonds. The fraction of sp³-hybridized carbons (Fsp3) is 0.294. The predicted octanol–water partition coefficient (Wildman–Crippen LogP) is 12.2. The van der Waals surface area contributed by atoms with Gasteiger partial charge in [-0.25, -0.2) is 0 Å². The molecule has 0 N–H and O–H groups in total. The van der Waals surface area contributed by atoms with E-state index in [1.165, 1.54) is 0 Å². The summed E-state index contributed by atoms with van der Waals surface area (Å²) in [4.78, 5) is 0. The van der Waals surface area contributed by atoms with Crippen LogP contribution in [0.2, 0.25) is 0 Å². The van der Waals surface area contributed by atoms with Gasteiger partial charge in [0.15, 0.2) is 34.5 Å². The van der Waals surface area contributed by atoms with Crippen molar-refractivity contribution in [3.63, 3.8) is 0 Å². The van der Waals surface area contributed by atoms with Crippen molar-refractivity contribution in [2.24, 2.45) is 0 Å². The van der Waals surface area contributed by atoms with Crippen molar-refractivity contribution < 1.29 is 52.1 Å². The van der Waals surface area contributed by atoms with Crippen LogP contribution in [0.3, 0.4) is 0 Å². The lowest BCUT2D eigenvalue weighted by atomic mass is 10.0. The van der Waals surface area contributed by atoms with Crippen molar-refractivity contribution >= 4 is 31.9 Å². The Bertz CT molecular complexity index is 2330. The average Bonchev–Trinajstić information content (AvgIpc) is 3.30. The third-order valence-corrected chi connectivity index (χ3v) is 11.5.